The second kappa shape index (κ2) is 15.2. The summed E-state index contributed by atoms with van der Waals surface area (Å²) in [5.74, 6) is 1.74. The molecule has 0 aliphatic carbocycles. The van der Waals surface area contributed by atoms with Crippen LogP contribution in [0.3, 0.4) is 0 Å². The Bertz CT molecular complexity index is 3410. The Hall–Kier alpha value is -8.21. The number of rotatable bonds is 7. The van der Waals surface area contributed by atoms with Crippen LogP contribution in [0.5, 0.6) is 5.75 Å². The first-order chi connectivity index (χ1) is 30.1. The van der Waals surface area contributed by atoms with Crippen molar-refractivity contribution in [2.45, 2.75) is 0 Å². The highest BCUT2D eigenvalue weighted by atomic mass is 16.3. The maximum absolute atomic E-state index is 11.5. The Morgan fingerprint density at radius 2 is 0.721 bits per heavy atom. The van der Waals surface area contributed by atoms with E-state index in [1.807, 2.05) is 30.3 Å². The van der Waals surface area contributed by atoms with Gasteiger partial charge in [0.25, 0.3) is 0 Å². The van der Waals surface area contributed by atoms with Gasteiger partial charge < -0.3 is 5.11 Å². The summed E-state index contributed by atoms with van der Waals surface area (Å²) in [6, 6.07) is 75.5. The molecule has 1 aromatic heterocycles. The molecule has 1 heterocycles. The lowest BCUT2D eigenvalue weighted by Crippen LogP contribution is -2.01. The smallest absolute Gasteiger partial charge is 0.164 e. The molecule has 0 bridgehead atoms. The number of phenols is 1. The van der Waals surface area contributed by atoms with Crippen molar-refractivity contribution in [1.82, 2.24) is 15.0 Å². The maximum atomic E-state index is 11.5. The first kappa shape index (κ1) is 35.9. The van der Waals surface area contributed by atoms with Crippen LogP contribution in [0, 0.1) is 0 Å². The SMILES string of the molecule is Oc1cccc(-c2nc(-c3ccc(-c4cccc5ccccc45)cc3)nc(-c3ccc4ccccc4c3)n2)c1-c1ccc(-c2ccc3cc(-c4ccccc4)ccc3c2)cc1. The average Bonchev–Trinajstić information content (AvgIpc) is 3.33. The maximum Gasteiger partial charge on any atom is 0.164 e. The van der Waals surface area contributed by atoms with Gasteiger partial charge in [-0.25, -0.2) is 15.0 Å². The van der Waals surface area contributed by atoms with Gasteiger partial charge in [0.15, 0.2) is 17.5 Å². The number of hydrogen-bond acceptors (Lipinski definition) is 4. The second-order valence-corrected chi connectivity index (χ2v) is 15.4. The van der Waals surface area contributed by atoms with Gasteiger partial charge in [-0.05, 0) is 95.5 Å². The normalized spacial score (nSPS) is 11.3. The van der Waals surface area contributed by atoms with Gasteiger partial charge >= 0.3 is 0 Å². The number of aromatic nitrogens is 3. The van der Waals surface area contributed by atoms with Crippen LogP contribution in [-0.4, -0.2) is 20.1 Å². The van der Waals surface area contributed by atoms with Crippen molar-refractivity contribution >= 4 is 32.3 Å². The van der Waals surface area contributed by atoms with E-state index < -0.39 is 0 Å². The molecule has 1 N–H and O–H groups in total. The van der Waals surface area contributed by atoms with Crippen LogP contribution in [0.2, 0.25) is 0 Å². The zero-order chi connectivity index (χ0) is 40.7. The summed E-state index contributed by atoms with van der Waals surface area (Å²) < 4.78 is 0. The van der Waals surface area contributed by atoms with Crippen molar-refractivity contribution in [2.24, 2.45) is 0 Å². The molecule has 0 amide bonds. The number of benzene rings is 10. The second-order valence-electron chi connectivity index (χ2n) is 15.4. The fraction of sp³-hybridized carbons (Fsp3) is 0. The minimum atomic E-state index is 0.152. The summed E-state index contributed by atoms with van der Waals surface area (Å²) in [4.78, 5) is 15.3. The van der Waals surface area contributed by atoms with Crippen LogP contribution >= 0.6 is 0 Å². The molecule has 0 aliphatic heterocycles. The molecule has 10 aromatic carbocycles. The molecule has 0 fully saturated rings. The molecule has 286 valence electrons. The lowest BCUT2D eigenvalue weighted by molar-refractivity contribution is 0.477. The fourth-order valence-electron chi connectivity index (χ4n) is 8.45. The standard InChI is InChI=1S/C57H37N3O/c61-53-19-9-18-52(54(53)42-25-20-39(21-26-42)46-30-32-47-34-45(29-31-48(47)35-46)37-10-2-1-3-11-37)57-59-55(58-56(60-57)49-33-22-38-12-4-5-14-44(38)36-49)43-27-23-41(24-28-43)51-17-8-15-40-13-6-7-16-50(40)51/h1-36,61H. The van der Waals surface area contributed by atoms with Gasteiger partial charge in [0, 0.05) is 22.3 Å². The molecule has 0 aliphatic rings. The molecule has 11 aromatic rings. The van der Waals surface area contributed by atoms with Crippen LogP contribution in [0.1, 0.15) is 0 Å². The van der Waals surface area contributed by atoms with E-state index in [1.54, 1.807) is 6.07 Å². The van der Waals surface area contributed by atoms with Crippen molar-refractivity contribution in [3.63, 3.8) is 0 Å². The van der Waals surface area contributed by atoms with E-state index in [-0.39, 0.29) is 5.75 Å². The fourth-order valence-corrected chi connectivity index (χ4v) is 8.45. The minimum absolute atomic E-state index is 0.152. The van der Waals surface area contributed by atoms with E-state index in [0.717, 1.165) is 44.2 Å². The first-order valence-electron chi connectivity index (χ1n) is 20.5. The van der Waals surface area contributed by atoms with E-state index in [1.165, 1.54) is 38.2 Å². The number of fused-ring (bicyclic) bond motifs is 3. The third kappa shape index (κ3) is 6.86. The van der Waals surface area contributed by atoms with Crippen molar-refractivity contribution in [2.75, 3.05) is 0 Å². The predicted octanol–water partition coefficient (Wildman–Crippen LogP) is 14.7. The Morgan fingerprint density at radius 1 is 0.262 bits per heavy atom. The lowest BCUT2D eigenvalue weighted by atomic mass is 9.94. The first-order valence-corrected chi connectivity index (χ1v) is 20.5. The number of aromatic hydroxyl groups is 1. The molecule has 11 rings (SSSR count). The van der Waals surface area contributed by atoms with Gasteiger partial charge in [-0.1, -0.05) is 194 Å². The molecular formula is C57H37N3O. The highest BCUT2D eigenvalue weighted by Gasteiger charge is 2.19. The van der Waals surface area contributed by atoms with E-state index in [0.29, 0.717) is 28.6 Å². The summed E-state index contributed by atoms with van der Waals surface area (Å²) in [7, 11) is 0. The summed E-state index contributed by atoms with van der Waals surface area (Å²) in [6.07, 6.45) is 0. The van der Waals surface area contributed by atoms with Gasteiger partial charge in [-0.2, -0.15) is 0 Å². The van der Waals surface area contributed by atoms with Crippen LogP contribution in [0.15, 0.2) is 218 Å². The van der Waals surface area contributed by atoms with Crippen LogP contribution in [-0.2, 0) is 0 Å². The zero-order valence-electron chi connectivity index (χ0n) is 33.1. The summed E-state index contributed by atoms with van der Waals surface area (Å²) in [5.41, 5.74) is 10.9. The van der Waals surface area contributed by atoms with Gasteiger partial charge in [0.05, 0.1) is 0 Å². The lowest BCUT2D eigenvalue weighted by Gasteiger charge is -2.14. The largest absolute Gasteiger partial charge is 0.507 e. The molecule has 0 atom stereocenters. The molecule has 61 heavy (non-hydrogen) atoms. The van der Waals surface area contributed by atoms with Crippen molar-refractivity contribution in [1.29, 1.82) is 0 Å². The highest BCUT2D eigenvalue weighted by Crippen LogP contribution is 2.40. The Balaban J connectivity index is 0.983. The topological polar surface area (TPSA) is 58.9 Å². The number of nitrogens with zero attached hydrogens (tertiary/aromatic N) is 3. The number of hydrogen-bond donors (Lipinski definition) is 1. The monoisotopic (exact) mass is 779 g/mol. The Morgan fingerprint density at radius 3 is 1.48 bits per heavy atom. The van der Waals surface area contributed by atoms with E-state index in [2.05, 4.69) is 182 Å². The molecule has 4 nitrogen and oxygen atoms in total. The molecule has 0 saturated heterocycles. The van der Waals surface area contributed by atoms with Crippen LogP contribution in [0.4, 0.5) is 0 Å². The van der Waals surface area contributed by atoms with Crippen molar-refractivity contribution < 1.29 is 5.11 Å². The summed E-state index contributed by atoms with van der Waals surface area (Å²) in [5, 5.41) is 18.6. The molecule has 0 spiro atoms. The summed E-state index contributed by atoms with van der Waals surface area (Å²) >= 11 is 0. The van der Waals surface area contributed by atoms with E-state index in [9.17, 15) is 5.11 Å². The van der Waals surface area contributed by atoms with Gasteiger partial charge in [0.1, 0.15) is 5.75 Å². The molecule has 4 heteroatoms. The zero-order valence-corrected chi connectivity index (χ0v) is 33.1. The quantitative estimate of drug-likeness (QED) is 0.175. The molecule has 0 unspecified atom stereocenters. The highest BCUT2D eigenvalue weighted by molar-refractivity contribution is 5.97. The Labute approximate surface area is 353 Å². The predicted molar refractivity (Wildman–Crippen MR) is 252 cm³/mol. The van der Waals surface area contributed by atoms with Crippen molar-refractivity contribution in [3.8, 4) is 84.4 Å². The third-order valence-electron chi connectivity index (χ3n) is 11.6. The average molecular weight is 780 g/mol. The molecule has 0 radical (unpaired) electrons. The molecule has 0 saturated carbocycles. The number of phenolic OH excluding ortho intramolecular Hbond substituents is 1. The van der Waals surface area contributed by atoms with E-state index >= 15 is 0 Å². The molecular weight excluding hydrogens is 743 g/mol. The van der Waals surface area contributed by atoms with Gasteiger partial charge in [-0.3, -0.25) is 0 Å². The minimum Gasteiger partial charge on any atom is -0.507 e. The van der Waals surface area contributed by atoms with Crippen LogP contribution < -0.4 is 0 Å². The van der Waals surface area contributed by atoms with Gasteiger partial charge in [0.2, 0.25) is 0 Å². The summed E-state index contributed by atoms with van der Waals surface area (Å²) in [6.45, 7) is 0. The van der Waals surface area contributed by atoms with E-state index in [4.69, 9.17) is 15.0 Å². The van der Waals surface area contributed by atoms with Gasteiger partial charge in [-0.15, -0.1) is 0 Å². The van der Waals surface area contributed by atoms with Crippen LogP contribution in [0.25, 0.3) is 111 Å². The Kier molecular flexibility index (Phi) is 8.94. The van der Waals surface area contributed by atoms with Crippen molar-refractivity contribution in [3.05, 3.63) is 218 Å². The third-order valence-corrected chi connectivity index (χ3v) is 11.6.